The number of pyridine rings is 1. The van der Waals surface area contributed by atoms with Crippen molar-refractivity contribution in [2.24, 2.45) is 5.73 Å². The van der Waals surface area contributed by atoms with Gasteiger partial charge in [-0.25, -0.2) is 4.39 Å². The average molecular weight is 228 g/mol. The van der Waals surface area contributed by atoms with E-state index in [1.165, 1.54) is 23.4 Å². The molecule has 2 nitrogen and oxygen atoms in total. The van der Waals surface area contributed by atoms with E-state index in [0.29, 0.717) is 0 Å². The van der Waals surface area contributed by atoms with Crippen LogP contribution in [0.1, 0.15) is 23.6 Å². The summed E-state index contributed by atoms with van der Waals surface area (Å²) in [6.45, 7) is 0. The first-order valence-electron chi connectivity index (χ1n) is 5.74. The molecule has 0 aliphatic heterocycles. The fourth-order valence-corrected chi connectivity index (χ4v) is 2.52. The van der Waals surface area contributed by atoms with Gasteiger partial charge >= 0.3 is 0 Å². The van der Waals surface area contributed by atoms with Crippen LogP contribution < -0.4 is 5.73 Å². The minimum Gasteiger partial charge on any atom is -0.324 e. The molecule has 2 N–H and O–H groups in total. The number of aromatic nitrogens is 1. The number of hydrogen-bond donors (Lipinski definition) is 1. The Bertz CT molecular complexity index is 566. The Labute approximate surface area is 99.3 Å². The van der Waals surface area contributed by atoms with Crippen molar-refractivity contribution < 1.29 is 4.39 Å². The standard InChI is InChI=1S/C14H13FN2/c15-10-6-9(7-17-8-10)11-2-1-3-13-12(11)4-5-14(13)16/h1-3,6-8,14H,4-5,16H2. The molecule has 1 aromatic carbocycles. The maximum absolute atomic E-state index is 13.2. The molecular weight excluding hydrogens is 215 g/mol. The summed E-state index contributed by atoms with van der Waals surface area (Å²) in [6, 6.07) is 7.68. The molecule has 3 rings (SSSR count). The van der Waals surface area contributed by atoms with Gasteiger partial charge in [-0.1, -0.05) is 18.2 Å². The number of halogens is 1. The third-order valence-corrected chi connectivity index (χ3v) is 3.33. The number of nitrogens with zero attached hydrogens (tertiary/aromatic N) is 1. The van der Waals surface area contributed by atoms with Gasteiger partial charge in [-0.15, -0.1) is 0 Å². The maximum Gasteiger partial charge on any atom is 0.142 e. The summed E-state index contributed by atoms with van der Waals surface area (Å²) < 4.78 is 13.2. The quantitative estimate of drug-likeness (QED) is 0.815. The number of benzene rings is 1. The molecule has 1 heterocycles. The minimum absolute atomic E-state index is 0.117. The second-order valence-corrected chi connectivity index (χ2v) is 4.41. The van der Waals surface area contributed by atoms with Crippen LogP contribution in [0.15, 0.2) is 36.7 Å². The molecule has 3 heteroatoms. The maximum atomic E-state index is 13.2. The summed E-state index contributed by atoms with van der Waals surface area (Å²) in [5.74, 6) is -0.303. The van der Waals surface area contributed by atoms with Crippen molar-refractivity contribution in [2.45, 2.75) is 18.9 Å². The molecule has 17 heavy (non-hydrogen) atoms. The number of fused-ring (bicyclic) bond motifs is 1. The topological polar surface area (TPSA) is 38.9 Å². The van der Waals surface area contributed by atoms with E-state index in [1.54, 1.807) is 6.20 Å². The van der Waals surface area contributed by atoms with Gasteiger partial charge in [0.15, 0.2) is 0 Å². The van der Waals surface area contributed by atoms with Gasteiger partial charge in [-0.05, 0) is 35.6 Å². The van der Waals surface area contributed by atoms with Crippen LogP contribution in [0.2, 0.25) is 0 Å². The Balaban J connectivity index is 2.17. The molecule has 0 saturated carbocycles. The van der Waals surface area contributed by atoms with Gasteiger partial charge in [0.25, 0.3) is 0 Å². The summed E-state index contributed by atoms with van der Waals surface area (Å²) in [4.78, 5) is 3.90. The normalized spacial score (nSPS) is 18.1. The lowest BCUT2D eigenvalue weighted by atomic mass is 9.97. The van der Waals surface area contributed by atoms with Crippen LogP contribution in [-0.4, -0.2) is 4.98 Å². The summed E-state index contributed by atoms with van der Waals surface area (Å²) in [5, 5.41) is 0. The van der Waals surface area contributed by atoms with Crippen molar-refractivity contribution in [2.75, 3.05) is 0 Å². The minimum atomic E-state index is -0.303. The first-order valence-corrected chi connectivity index (χ1v) is 5.74. The molecule has 0 fully saturated rings. The Kier molecular flexibility index (Phi) is 2.41. The van der Waals surface area contributed by atoms with E-state index in [0.717, 1.165) is 24.0 Å². The number of hydrogen-bond acceptors (Lipinski definition) is 2. The van der Waals surface area contributed by atoms with Crippen LogP contribution in [0.4, 0.5) is 4.39 Å². The van der Waals surface area contributed by atoms with Gasteiger partial charge in [0.05, 0.1) is 6.20 Å². The van der Waals surface area contributed by atoms with Crippen molar-refractivity contribution >= 4 is 0 Å². The van der Waals surface area contributed by atoms with E-state index in [4.69, 9.17) is 5.73 Å². The van der Waals surface area contributed by atoms with Gasteiger partial charge in [0.1, 0.15) is 5.82 Å². The van der Waals surface area contributed by atoms with E-state index in [1.807, 2.05) is 12.1 Å². The van der Waals surface area contributed by atoms with Gasteiger partial charge in [0, 0.05) is 17.8 Å². The summed E-state index contributed by atoms with van der Waals surface area (Å²) >= 11 is 0. The highest BCUT2D eigenvalue weighted by Gasteiger charge is 2.21. The molecule has 0 bridgehead atoms. The molecule has 1 unspecified atom stereocenters. The van der Waals surface area contributed by atoms with Crippen molar-refractivity contribution in [3.05, 3.63) is 53.6 Å². The number of nitrogens with two attached hydrogens (primary N) is 1. The fourth-order valence-electron chi connectivity index (χ4n) is 2.52. The van der Waals surface area contributed by atoms with E-state index < -0.39 is 0 Å². The molecule has 1 aliphatic carbocycles. The summed E-state index contributed by atoms with van der Waals surface area (Å²) in [5.41, 5.74) is 10.4. The van der Waals surface area contributed by atoms with Crippen molar-refractivity contribution in [1.82, 2.24) is 4.98 Å². The molecule has 0 amide bonds. The van der Waals surface area contributed by atoms with Crippen molar-refractivity contribution in [3.63, 3.8) is 0 Å². The third-order valence-electron chi connectivity index (χ3n) is 3.33. The average Bonchev–Trinajstić information content (AvgIpc) is 2.71. The van der Waals surface area contributed by atoms with Crippen molar-refractivity contribution in [3.8, 4) is 11.1 Å². The Morgan fingerprint density at radius 1 is 1.29 bits per heavy atom. The van der Waals surface area contributed by atoms with Crippen LogP contribution in [-0.2, 0) is 6.42 Å². The molecule has 1 atom stereocenters. The Morgan fingerprint density at radius 2 is 2.18 bits per heavy atom. The highest BCUT2D eigenvalue weighted by atomic mass is 19.1. The molecule has 0 spiro atoms. The van der Waals surface area contributed by atoms with Gasteiger partial charge in [-0.2, -0.15) is 0 Å². The van der Waals surface area contributed by atoms with Gasteiger partial charge < -0.3 is 5.73 Å². The zero-order valence-electron chi connectivity index (χ0n) is 9.36. The fraction of sp³-hybridized carbons (Fsp3) is 0.214. The first kappa shape index (κ1) is 10.4. The van der Waals surface area contributed by atoms with Gasteiger partial charge in [-0.3, -0.25) is 4.98 Å². The molecule has 0 radical (unpaired) electrons. The molecule has 2 aromatic rings. The second-order valence-electron chi connectivity index (χ2n) is 4.41. The summed E-state index contributed by atoms with van der Waals surface area (Å²) in [6.07, 6.45) is 4.85. The zero-order chi connectivity index (χ0) is 11.8. The SMILES string of the molecule is NC1CCc2c(-c3cncc(F)c3)cccc21. The third kappa shape index (κ3) is 1.72. The predicted octanol–water partition coefficient (Wildman–Crippen LogP) is 2.83. The molecule has 1 aliphatic rings. The van der Waals surface area contributed by atoms with E-state index in [-0.39, 0.29) is 11.9 Å². The lowest BCUT2D eigenvalue weighted by Gasteiger charge is -2.09. The zero-order valence-corrected chi connectivity index (χ0v) is 9.36. The number of rotatable bonds is 1. The van der Waals surface area contributed by atoms with Crippen LogP contribution in [0, 0.1) is 5.82 Å². The highest BCUT2D eigenvalue weighted by molar-refractivity contribution is 5.69. The largest absolute Gasteiger partial charge is 0.324 e. The Hall–Kier alpha value is -1.74. The van der Waals surface area contributed by atoms with Gasteiger partial charge in [0.2, 0.25) is 0 Å². The first-order chi connectivity index (χ1) is 8.25. The van der Waals surface area contributed by atoms with Crippen molar-refractivity contribution in [1.29, 1.82) is 0 Å². The van der Waals surface area contributed by atoms with Crippen LogP contribution in [0.3, 0.4) is 0 Å². The van der Waals surface area contributed by atoms with E-state index in [2.05, 4.69) is 11.1 Å². The van der Waals surface area contributed by atoms with E-state index in [9.17, 15) is 4.39 Å². The predicted molar refractivity (Wildman–Crippen MR) is 64.9 cm³/mol. The molecule has 1 aromatic heterocycles. The molecule has 0 saturated heterocycles. The monoisotopic (exact) mass is 228 g/mol. The molecule has 86 valence electrons. The van der Waals surface area contributed by atoms with Crippen LogP contribution in [0.25, 0.3) is 11.1 Å². The van der Waals surface area contributed by atoms with Crippen LogP contribution in [0.5, 0.6) is 0 Å². The lowest BCUT2D eigenvalue weighted by molar-refractivity contribution is 0.622. The van der Waals surface area contributed by atoms with E-state index >= 15 is 0 Å². The Morgan fingerprint density at radius 3 is 3.00 bits per heavy atom. The second kappa shape index (κ2) is 3.93. The lowest BCUT2D eigenvalue weighted by Crippen LogP contribution is -2.04. The highest BCUT2D eigenvalue weighted by Crippen LogP contribution is 2.36. The summed E-state index contributed by atoms with van der Waals surface area (Å²) in [7, 11) is 0. The smallest absolute Gasteiger partial charge is 0.142 e. The molecular formula is C14H13FN2. The van der Waals surface area contributed by atoms with Crippen LogP contribution >= 0.6 is 0 Å².